The normalized spacial score (nSPS) is 26.1. The molecule has 3 fully saturated rings. The average Bonchev–Trinajstić information content (AvgIpc) is 2.78. The van der Waals surface area contributed by atoms with Gasteiger partial charge in [-0.2, -0.15) is 0 Å². The molecule has 4 heterocycles. The molecule has 3 aliphatic heterocycles. The highest BCUT2D eigenvalue weighted by Gasteiger charge is 2.43. The molecule has 1 aromatic heterocycles. The number of ether oxygens (including phenoxy) is 3. The van der Waals surface area contributed by atoms with E-state index in [1.807, 2.05) is 44.3 Å². The number of esters is 1. The molecule has 1 aromatic carbocycles. The van der Waals surface area contributed by atoms with E-state index in [-0.39, 0.29) is 30.8 Å². The molecule has 3 aliphatic rings. The van der Waals surface area contributed by atoms with Crippen LogP contribution >= 0.6 is 0 Å². The zero-order valence-electron chi connectivity index (χ0n) is 18.6. The van der Waals surface area contributed by atoms with Crippen molar-refractivity contribution in [3.63, 3.8) is 0 Å². The Kier molecular flexibility index (Phi) is 6.58. The predicted octanol–water partition coefficient (Wildman–Crippen LogP) is 4.15. The first-order chi connectivity index (χ1) is 15.0. The molecule has 0 radical (unpaired) electrons. The summed E-state index contributed by atoms with van der Waals surface area (Å²) in [5.41, 5.74) is 1.92. The standard InChI is InChI=1S/C25H32N2O4/c1-5-17-14-27-11-9-18(17)12-23(27)25(30-15-24(28)31-16(2)3)20-8-10-26-22-7-6-19(29-4)13-21(20)22/h5-8,10,13,16-18,23,25H,1,9,11-12,14-15H2,2-4H3/t17-,18?,23-,25+/m1/s1. The molecule has 0 saturated carbocycles. The summed E-state index contributed by atoms with van der Waals surface area (Å²) in [6, 6.07) is 8.08. The van der Waals surface area contributed by atoms with E-state index >= 15 is 0 Å². The molecule has 166 valence electrons. The van der Waals surface area contributed by atoms with E-state index in [9.17, 15) is 4.79 Å². The Morgan fingerprint density at radius 2 is 2.19 bits per heavy atom. The van der Waals surface area contributed by atoms with Crippen molar-refractivity contribution in [2.45, 2.75) is 44.9 Å². The summed E-state index contributed by atoms with van der Waals surface area (Å²) in [5, 5.41) is 0.993. The van der Waals surface area contributed by atoms with Crippen molar-refractivity contribution in [2.75, 3.05) is 26.8 Å². The van der Waals surface area contributed by atoms with Crippen molar-refractivity contribution < 1.29 is 19.0 Å². The molecule has 0 spiro atoms. The van der Waals surface area contributed by atoms with E-state index in [2.05, 4.69) is 22.5 Å². The molecule has 2 bridgehead atoms. The molecule has 0 aliphatic carbocycles. The van der Waals surface area contributed by atoms with Crippen LogP contribution in [-0.2, 0) is 14.3 Å². The SMILES string of the molecule is C=C[C@@H]1CN2CCC1C[C@@H]2[C@@H](OCC(=O)OC(C)C)c1ccnc2ccc(OC)cc12. The van der Waals surface area contributed by atoms with Crippen LogP contribution in [0.15, 0.2) is 43.1 Å². The fourth-order valence-electron chi connectivity index (χ4n) is 5.08. The van der Waals surface area contributed by atoms with Gasteiger partial charge >= 0.3 is 5.97 Å². The average molecular weight is 425 g/mol. The largest absolute Gasteiger partial charge is 0.497 e. The van der Waals surface area contributed by atoms with Gasteiger partial charge in [-0.3, -0.25) is 9.88 Å². The first-order valence-corrected chi connectivity index (χ1v) is 11.1. The smallest absolute Gasteiger partial charge is 0.332 e. The van der Waals surface area contributed by atoms with Gasteiger partial charge in [-0.15, -0.1) is 6.58 Å². The molecule has 5 rings (SSSR count). The molecule has 2 aromatic rings. The van der Waals surface area contributed by atoms with Gasteiger partial charge in [-0.1, -0.05) is 6.08 Å². The Morgan fingerprint density at radius 3 is 2.87 bits per heavy atom. The molecule has 5 atom stereocenters. The molecular weight excluding hydrogens is 392 g/mol. The molecule has 6 nitrogen and oxygen atoms in total. The lowest BCUT2D eigenvalue weighted by molar-refractivity contribution is -0.158. The highest BCUT2D eigenvalue weighted by Crippen LogP contribution is 2.43. The van der Waals surface area contributed by atoms with Crippen LogP contribution in [0, 0.1) is 11.8 Å². The quantitative estimate of drug-likeness (QED) is 0.469. The summed E-state index contributed by atoms with van der Waals surface area (Å²) >= 11 is 0. The number of piperidine rings is 3. The monoisotopic (exact) mass is 424 g/mol. The van der Waals surface area contributed by atoms with Gasteiger partial charge in [0.15, 0.2) is 0 Å². The van der Waals surface area contributed by atoms with E-state index in [4.69, 9.17) is 14.2 Å². The van der Waals surface area contributed by atoms with Crippen LogP contribution < -0.4 is 4.74 Å². The molecule has 0 amide bonds. The van der Waals surface area contributed by atoms with E-state index in [0.29, 0.717) is 11.8 Å². The van der Waals surface area contributed by atoms with Crippen molar-refractivity contribution in [2.24, 2.45) is 11.8 Å². The highest BCUT2D eigenvalue weighted by molar-refractivity contribution is 5.84. The van der Waals surface area contributed by atoms with Gasteiger partial charge in [0.05, 0.1) is 24.8 Å². The number of benzene rings is 1. The second kappa shape index (κ2) is 9.37. The van der Waals surface area contributed by atoms with Crippen molar-refractivity contribution in [1.29, 1.82) is 0 Å². The summed E-state index contributed by atoms with van der Waals surface area (Å²) in [7, 11) is 1.66. The lowest BCUT2D eigenvalue weighted by atomic mass is 9.73. The first-order valence-electron chi connectivity index (χ1n) is 11.1. The number of methoxy groups -OCH3 is 1. The molecule has 31 heavy (non-hydrogen) atoms. The molecule has 2 unspecified atom stereocenters. The van der Waals surface area contributed by atoms with E-state index < -0.39 is 0 Å². The summed E-state index contributed by atoms with van der Waals surface area (Å²) in [5.74, 6) is 1.56. The number of carbonyl (C=O) groups is 1. The number of aromatic nitrogens is 1. The third kappa shape index (κ3) is 4.60. The lowest BCUT2D eigenvalue weighted by Gasteiger charge is -2.51. The number of fused-ring (bicyclic) bond motifs is 4. The number of hydrogen-bond acceptors (Lipinski definition) is 6. The summed E-state index contributed by atoms with van der Waals surface area (Å²) in [4.78, 5) is 19.3. The van der Waals surface area contributed by atoms with Crippen LogP contribution in [0.5, 0.6) is 5.75 Å². The fourth-order valence-corrected chi connectivity index (χ4v) is 5.08. The van der Waals surface area contributed by atoms with Crippen LogP contribution in [0.25, 0.3) is 10.9 Å². The Labute approximate surface area is 184 Å². The maximum atomic E-state index is 12.3. The van der Waals surface area contributed by atoms with Crippen LogP contribution in [0.3, 0.4) is 0 Å². The van der Waals surface area contributed by atoms with Crippen molar-refractivity contribution in [3.05, 3.63) is 48.7 Å². The fraction of sp³-hybridized carbons (Fsp3) is 0.520. The van der Waals surface area contributed by atoms with Gasteiger partial charge < -0.3 is 14.2 Å². The zero-order valence-corrected chi connectivity index (χ0v) is 18.6. The van der Waals surface area contributed by atoms with E-state index in [1.165, 1.54) is 6.42 Å². The lowest BCUT2D eigenvalue weighted by Crippen LogP contribution is -2.55. The van der Waals surface area contributed by atoms with Gasteiger partial charge in [0, 0.05) is 24.2 Å². The minimum Gasteiger partial charge on any atom is -0.497 e. The summed E-state index contributed by atoms with van der Waals surface area (Å²) in [6.45, 7) is 9.69. The number of rotatable bonds is 8. The molecule has 0 N–H and O–H groups in total. The van der Waals surface area contributed by atoms with Crippen LogP contribution in [0.4, 0.5) is 0 Å². The molecular formula is C25H32N2O4. The summed E-state index contributed by atoms with van der Waals surface area (Å²) in [6.07, 6.45) is 5.69. The molecule has 6 heteroatoms. The maximum absolute atomic E-state index is 12.3. The highest BCUT2D eigenvalue weighted by atomic mass is 16.6. The number of nitrogens with zero attached hydrogens (tertiary/aromatic N) is 2. The van der Waals surface area contributed by atoms with Gasteiger partial charge in [0.1, 0.15) is 12.4 Å². The van der Waals surface area contributed by atoms with Crippen molar-refractivity contribution in [1.82, 2.24) is 9.88 Å². The Morgan fingerprint density at radius 1 is 1.35 bits per heavy atom. The third-order valence-electron chi connectivity index (χ3n) is 6.54. The number of pyridine rings is 1. The third-order valence-corrected chi connectivity index (χ3v) is 6.54. The Bertz CT molecular complexity index is 944. The van der Waals surface area contributed by atoms with Gasteiger partial charge in [0.25, 0.3) is 0 Å². The van der Waals surface area contributed by atoms with Crippen molar-refractivity contribution >= 4 is 16.9 Å². The second-order valence-electron chi connectivity index (χ2n) is 8.80. The van der Waals surface area contributed by atoms with Crippen LogP contribution in [-0.4, -0.2) is 54.8 Å². The predicted molar refractivity (Wildman–Crippen MR) is 120 cm³/mol. The van der Waals surface area contributed by atoms with Gasteiger partial charge in [0.2, 0.25) is 0 Å². The van der Waals surface area contributed by atoms with E-state index in [0.717, 1.165) is 41.7 Å². The zero-order chi connectivity index (χ0) is 22.0. The topological polar surface area (TPSA) is 60.9 Å². The van der Waals surface area contributed by atoms with Gasteiger partial charge in [-0.05, 0) is 74.9 Å². The Balaban J connectivity index is 1.69. The van der Waals surface area contributed by atoms with Crippen molar-refractivity contribution in [3.8, 4) is 5.75 Å². The number of hydrogen-bond donors (Lipinski definition) is 0. The Hall–Kier alpha value is -2.44. The van der Waals surface area contributed by atoms with Crippen LogP contribution in [0.1, 0.15) is 38.4 Å². The minimum absolute atomic E-state index is 0.0729. The minimum atomic E-state index is -0.337. The van der Waals surface area contributed by atoms with Gasteiger partial charge in [-0.25, -0.2) is 4.79 Å². The van der Waals surface area contributed by atoms with Crippen LogP contribution in [0.2, 0.25) is 0 Å². The summed E-state index contributed by atoms with van der Waals surface area (Å²) < 4.78 is 17.1. The van der Waals surface area contributed by atoms with E-state index in [1.54, 1.807) is 7.11 Å². The first kappa shape index (κ1) is 21.8. The molecule has 3 saturated heterocycles. The maximum Gasteiger partial charge on any atom is 0.332 e. The second-order valence-corrected chi connectivity index (χ2v) is 8.80. The number of carbonyl (C=O) groups excluding carboxylic acids is 1.